The maximum Gasteiger partial charge on any atom is 0.250 e. The Labute approximate surface area is 140 Å². The van der Waals surface area contributed by atoms with Gasteiger partial charge >= 0.3 is 0 Å². The summed E-state index contributed by atoms with van der Waals surface area (Å²) in [4.78, 5) is 27.5. The van der Waals surface area contributed by atoms with E-state index in [1.54, 1.807) is 11.0 Å². The van der Waals surface area contributed by atoms with Gasteiger partial charge in [0.15, 0.2) is 0 Å². The quantitative estimate of drug-likeness (QED) is 0.835. The van der Waals surface area contributed by atoms with Gasteiger partial charge in [0.05, 0.1) is 18.8 Å². The molecule has 1 atom stereocenters. The third-order valence-electron chi connectivity index (χ3n) is 4.18. The van der Waals surface area contributed by atoms with Gasteiger partial charge in [0.1, 0.15) is 30.1 Å². The Bertz CT molecular complexity index is 708. The standard InChI is InChI=1S/C16H22N6O2/c1-11-7-13(20-12(2)19-11)14-8-21(5-6-24-14)15(23)16(3,4)22-10-17-9-18-22/h7,9-10,14H,5-6,8H2,1-4H3/t14-/m0/s1. The zero-order valence-electron chi connectivity index (χ0n) is 14.4. The summed E-state index contributed by atoms with van der Waals surface area (Å²) in [6, 6.07) is 1.91. The summed E-state index contributed by atoms with van der Waals surface area (Å²) < 4.78 is 7.42. The van der Waals surface area contributed by atoms with Gasteiger partial charge in [0.25, 0.3) is 0 Å². The van der Waals surface area contributed by atoms with Crippen molar-refractivity contribution in [3.63, 3.8) is 0 Å². The summed E-state index contributed by atoms with van der Waals surface area (Å²) in [5.74, 6) is 0.698. The zero-order chi connectivity index (χ0) is 17.3. The lowest BCUT2D eigenvalue weighted by Crippen LogP contribution is -2.51. The number of rotatable bonds is 3. The number of nitrogens with zero attached hydrogens (tertiary/aromatic N) is 6. The molecule has 0 aromatic carbocycles. The number of amides is 1. The molecule has 0 saturated carbocycles. The highest BCUT2D eigenvalue weighted by Crippen LogP contribution is 2.25. The molecule has 1 fully saturated rings. The van der Waals surface area contributed by atoms with Crippen LogP contribution in [0.4, 0.5) is 0 Å². The van der Waals surface area contributed by atoms with Crippen LogP contribution in [-0.2, 0) is 15.1 Å². The van der Waals surface area contributed by atoms with Gasteiger partial charge in [0, 0.05) is 12.2 Å². The molecule has 8 heteroatoms. The van der Waals surface area contributed by atoms with Gasteiger partial charge in [-0.2, -0.15) is 5.10 Å². The molecule has 24 heavy (non-hydrogen) atoms. The van der Waals surface area contributed by atoms with Crippen molar-refractivity contribution < 1.29 is 9.53 Å². The molecule has 2 aromatic heterocycles. The number of aromatic nitrogens is 5. The molecule has 3 heterocycles. The molecule has 2 aromatic rings. The van der Waals surface area contributed by atoms with E-state index < -0.39 is 5.54 Å². The van der Waals surface area contributed by atoms with Crippen LogP contribution in [0.15, 0.2) is 18.7 Å². The monoisotopic (exact) mass is 330 g/mol. The van der Waals surface area contributed by atoms with Crippen LogP contribution in [0.5, 0.6) is 0 Å². The molecule has 1 amide bonds. The van der Waals surface area contributed by atoms with E-state index in [1.165, 1.54) is 6.33 Å². The summed E-state index contributed by atoms with van der Waals surface area (Å²) in [5, 5.41) is 4.11. The number of carbonyl (C=O) groups excluding carboxylic acids is 1. The van der Waals surface area contributed by atoms with E-state index in [0.717, 1.165) is 11.4 Å². The third kappa shape index (κ3) is 3.14. The molecule has 0 bridgehead atoms. The van der Waals surface area contributed by atoms with Gasteiger partial charge in [0.2, 0.25) is 5.91 Å². The topological polar surface area (TPSA) is 86.0 Å². The number of aryl methyl sites for hydroxylation is 2. The van der Waals surface area contributed by atoms with Crippen LogP contribution in [0.25, 0.3) is 0 Å². The average molecular weight is 330 g/mol. The van der Waals surface area contributed by atoms with Gasteiger partial charge in [-0.3, -0.25) is 4.79 Å². The first kappa shape index (κ1) is 16.5. The van der Waals surface area contributed by atoms with E-state index in [0.29, 0.717) is 25.5 Å². The Morgan fingerprint density at radius 1 is 1.33 bits per heavy atom. The highest BCUT2D eigenvalue weighted by atomic mass is 16.5. The van der Waals surface area contributed by atoms with Gasteiger partial charge in [-0.25, -0.2) is 19.6 Å². The number of hydrogen-bond donors (Lipinski definition) is 0. The van der Waals surface area contributed by atoms with E-state index >= 15 is 0 Å². The molecular weight excluding hydrogens is 308 g/mol. The second kappa shape index (κ2) is 6.27. The average Bonchev–Trinajstić information content (AvgIpc) is 3.08. The second-order valence-electron chi connectivity index (χ2n) is 6.49. The molecule has 1 saturated heterocycles. The van der Waals surface area contributed by atoms with Crippen LogP contribution in [0, 0.1) is 13.8 Å². The summed E-state index contributed by atoms with van der Waals surface area (Å²) in [5.41, 5.74) is 0.916. The van der Waals surface area contributed by atoms with Crippen LogP contribution < -0.4 is 0 Å². The van der Waals surface area contributed by atoms with E-state index in [-0.39, 0.29) is 12.0 Å². The maximum absolute atomic E-state index is 13.0. The number of carbonyl (C=O) groups is 1. The Morgan fingerprint density at radius 2 is 2.12 bits per heavy atom. The molecule has 8 nitrogen and oxygen atoms in total. The molecule has 0 radical (unpaired) electrons. The van der Waals surface area contributed by atoms with Crippen LogP contribution in [0.3, 0.4) is 0 Å². The van der Waals surface area contributed by atoms with Crippen molar-refractivity contribution in [2.75, 3.05) is 19.7 Å². The predicted octanol–water partition coefficient (Wildman–Crippen LogP) is 1.02. The van der Waals surface area contributed by atoms with Gasteiger partial charge in [-0.05, 0) is 33.8 Å². The Balaban J connectivity index is 1.79. The smallest absolute Gasteiger partial charge is 0.250 e. The molecule has 0 unspecified atom stereocenters. The van der Waals surface area contributed by atoms with Gasteiger partial charge in [-0.15, -0.1) is 0 Å². The van der Waals surface area contributed by atoms with Crippen molar-refractivity contribution in [2.24, 2.45) is 0 Å². The minimum Gasteiger partial charge on any atom is -0.368 e. The van der Waals surface area contributed by atoms with Crippen molar-refractivity contribution in [3.8, 4) is 0 Å². The first-order chi connectivity index (χ1) is 11.4. The highest BCUT2D eigenvalue weighted by molar-refractivity contribution is 5.83. The zero-order valence-corrected chi connectivity index (χ0v) is 14.4. The van der Waals surface area contributed by atoms with Crippen LogP contribution >= 0.6 is 0 Å². The normalized spacial score (nSPS) is 18.7. The molecule has 0 aliphatic carbocycles. The van der Waals surface area contributed by atoms with Crippen molar-refractivity contribution >= 4 is 5.91 Å². The maximum atomic E-state index is 13.0. The van der Waals surface area contributed by atoms with Crippen molar-refractivity contribution in [2.45, 2.75) is 39.3 Å². The fraction of sp³-hybridized carbons (Fsp3) is 0.562. The third-order valence-corrected chi connectivity index (χ3v) is 4.18. The molecule has 0 N–H and O–H groups in total. The predicted molar refractivity (Wildman–Crippen MR) is 86.1 cm³/mol. The Kier molecular flexibility index (Phi) is 4.31. The largest absolute Gasteiger partial charge is 0.368 e. The van der Waals surface area contributed by atoms with Crippen LogP contribution in [0.1, 0.15) is 37.2 Å². The summed E-state index contributed by atoms with van der Waals surface area (Å²) in [6.45, 7) is 8.96. The molecule has 1 aliphatic rings. The molecule has 0 spiro atoms. The van der Waals surface area contributed by atoms with E-state index in [2.05, 4.69) is 20.1 Å². The summed E-state index contributed by atoms with van der Waals surface area (Å²) in [6.07, 6.45) is 2.76. The first-order valence-corrected chi connectivity index (χ1v) is 7.96. The van der Waals surface area contributed by atoms with Crippen molar-refractivity contribution in [1.29, 1.82) is 0 Å². The van der Waals surface area contributed by atoms with Crippen LogP contribution in [0.2, 0.25) is 0 Å². The van der Waals surface area contributed by atoms with Gasteiger partial charge in [-0.1, -0.05) is 0 Å². The summed E-state index contributed by atoms with van der Waals surface area (Å²) >= 11 is 0. The molecule has 1 aliphatic heterocycles. The number of hydrogen-bond acceptors (Lipinski definition) is 6. The highest BCUT2D eigenvalue weighted by Gasteiger charge is 2.37. The molecule has 3 rings (SSSR count). The van der Waals surface area contributed by atoms with Crippen molar-refractivity contribution in [1.82, 2.24) is 29.6 Å². The van der Waals surface area contributed by atoms with E-state index in [1.807, 2.05) is 38.7 Å². The summed E-state index contributed by atoms with van der Waals surface area (Å²) in [7, 11) is 0. The minimum absolute atomic E-state index is 0.0104. The number of ether oxygens (including phenoxy) is 1. The van der Waals surface area contributed by atoms with Crippen LogP contribution in [-0.4, -0.2) is 55.2 Å². The van der Waals surface area contributed by atoms with E-state index in [4.69, 9.17) is 4.74 Å². The Morgan fingerprint density at radius 3 is 2.79 bits per heavy atom. The lowest BCUT2D eigenvalue weighted by molar-refractivity contribution is -0.147. The lowest BCUT2D eigenvalue weighted by Gasteiger charge is -2.37. The Hall–Kier alpha value is -2.35. The van der Waals surface area contributed by atoms with Gasteiger partial charge < -0.3 is 9.64 Å². The second-order valence-corrected chi connectivity index (χ2v) is 6.49. The first-order valence-electron chi connectivity index (χ1n) is 7.96. The minimum atomic E-state index is -0.796. The molecular formula is C16H22N6O2. The molecule has 128 valence electrons. The SMILES string of the molecule is Cc1cc([C@@H]2CN(C(=O)C(C)(C)n3cncn3)CCO2)nc(C)n1. The van der Waals surface area contributed by atoms with Crippen molar-refractivity contribution in [3.05, 3.63) is 35.9 Å². The fourth-order valence-corrected chi connectivity index (χ4v) is 2.91. The fourth-order valence-electron chi connectivity index (χ4n) is 2.91. The number of morpholine rings is 1. The lowest BCUT2D eigenvalue weighted by atomic mass is 10.0. The van der Waals surface area contributed by atoms with E-state index in [9.17, 15) is 4.79 Å².